The molecule has 166 valence electrons. The van der Waals surface area contributed by atoms with Gasteiger partial charge in [-0.25, -0.2) is 4.39 Å². The van der Waals surface area contributed by atoms with Crippen molar-refractivity contribution in [2.45, 2.75) is 46.2 Å². The van der Waals surface area contributed by atoms with Crippen molar-refractivity contribution in [2.24, 2.45) is 5.92 Å². The Labute approximate surface area is 182 Å². The largest absolute Gasteiger partial charge is 0.454 e. The summed E-state index contributed by atoms with van der Waals surface area (Å²) in [5.74, 6) is 0.995. The number of fused-ring (bicyclic) bond motifs is 1. The molecule has 2 aromatic carbocycles. The van der Waals surface area contributed by atoms with E-state index < -0.39 is 6.04 Å². The Kier molecular flexibility index (Phi) is 7.50. The molecule has 1 aliphatic heterocycles. The van der Waals surface area contributed by atoms with E-state index in [0.717, 1.165) is 11.1 Å². The van der Waals surface area contributed by atoms with Gasteiger partial charge in [0.2, 0.25) is 18.6 Å². The summed E-state index contributed by atoms with van der Waals surface area (Å²) in [4.78, 5) is 27.3. The van der Waals surface area contributed by atoms with Crippen LogP contribution in [0.15, 0.2) is 42.5 Å². The average molecular weight is 429 g/mol. The van der Waals surface area contributed by atoms with Gasteiger partial charge in [0.05, 0.1) is 0 Å². The number of hydrogen-bond donors (Lipinski definition) is 1. The fraction of sp³-hybridized carbons (Fsp3) is 0.417. The van der Waals surface area contributed by atoms with Crippen molar-refractivity contribution >= 4 is 11.8 Å². The number of aryl methyl sites for hydroxylation is 1. The van der Waals surface area contributed by atoms with Crippen LogP contribution in [-0.2, 0) is 22.6 Å². The molecule has 0 saturated heterocycles. The van der Waals surface area contributed by atoms with Gasteiger partial charge in [-0.1, -0.05) is 32.0 Å². The van der Waals surface area contributed by atoms with Crippen molar-refractivity contribution in [2.75, 3.05) is 13.3 Å². The van der Waals surface area contributed by atoms with Gasteiger partial charge < -0.3 is 19.7 Å². The zero-order chi connectivity index (χ0) is 22.4. The van der Waals surface area contributed by atoms with Crippen LogP contribution in [0.3, 0.4) is 0 Å². The van der Waals surface area contributed by atoms with E-state index in [1.165, 1.54) is 12.1 Å². The Morgan fingerprint density at radius 2 is 1.71 bits per heavy atom. The summed E-state index contributed by atoms with van der Waals surface area (Å²) in [5, 5.41) is 2.89. The normalized spacial score (nSPS) is 13.2. The second-order valence-electron chi connectivity index (χ2n) is 8.15. The van der Waals surface area contributed by atoms with Crippen LogP contribution in [0.2, 0.25) is 0 Å². The summed E-state index contributed by atoms with van der Waals surface area (Å²) >= 11 is 0. The minimum Gasteiger partial charge on any atom is -0.454 e. The minimum atomic E-state index is -0.645. The maximum Gasteiger partial charge on any atom is 0.242 e. The zero-order valence-corrected chi connectivity index (χ0v) is 18.2. The van der Waals surface area contributed by atoms with Crippen molar-refractivity contribution in [3.05, 3.63) is 59.4 Å². The molecular weight excluding hydrogens is 399 g/mol. The molecule has 0 spiro atoms. The van der Waals surface area contributed by atoms with Crippen LogP contribution in [0, 0.1) is 11.7 Å². The van der Waals surface area contributed by atoms with E-state index in [4.69, 9.17) is 9.47 Å². The molecule has 1 heterocycles. The van der Waals surface area contributed by atoms with Crippen molar-refractivity contribution in [1.29, 1.82) is 0 Å². The molecule has 3 rings (SSSR count). The first-order valence-electron chi connectivity index (χ1n) is 10.5. The predicted molar refractivity (Wildman–Crippen MR) is 115 cm³/mol. The smallest absolute Gasteiger partial charge is 0.242 e. The second kappa shape index (κ2) is 10.3. The van der Waals surface area contributed by atoms with Crippen LogP contribution in [-0.4, -0.2) is 36.1 Å². The fourth-order valence-corrected chi connectivity index (χ4v) is 3.31. The lowest BCUT2D eigenvalue weighted by atomic mass is 10.1. The van der Waals surface area contributed by atoms with Crippen molar-refractivity contribution < 1.29 is 23.5 Å². The average Bonchev–Trinajstić information content (AvgIpc) is 3.22. The second-order valence-corrected chi connectivity index (χ2v) is 8.15. The van der Waals surface area contributed by atoms with Crippen molar-refractivity contribution in [1.82, 2.24) is 10.2 Å². The topological polar surface area (TPSA) is 67.9 Å². The van der Waals surface area contributed by atoms with Crippen LogP contribution in [0.4, 0.5) is 4.39 Å². The van der Waals surface area contributed by atoms with Gasteiger partial charge in [0.15, 0.2) is 11.5 Å². The van der Waals surface area contributed by atoms with Crippen LogP contribution >= 0.6 is 0 Å². The van der Waals surface area contributed by atoms with Gasteiger partial charge in [-0.3, -0.25) is 9.59 Å². The first-order chi connectivity index (χ1) is 14.8. The van der Waals surface area contributed by atoms with E-state index in [1.807, 2.05) is 32.0 Å². The SMILES string of the molecule is CC(C)CNC(=O)[C@H](C)N(Cc1ccc(F)cc1)C(=O)CCc1ccc2c(c1)OCO2. The summed E-state index contributed by atoms with van der Waals surface area (Å²) in [5.41, 5.74) is 1.72. The summed E-state index contributed by atoms with van der Waals surface area (Å²) in [6, 6.07) is 10.9. The number of nitrogens with zero attached hydrogens (tertiary/aromatic N) is 1. The first-order valence-corrected chi connectivity index (χ1v) is 10.5. The lowest BCUT2D eigenvalue weighted by molar-refractivity contribution is -0.140. The molecule has 1 atom stereocenters. The number of rotatable bonds is 9. The third-order valence-electron chi connectivity index (χ3n) is 5.18. The standard InChI is InChI=1S/C24H29FN2O4/c1-16(2)13-26-24(29)17(3)27(14-19-4-8-20(25)9-5-19)23(28)11-7-18-6-10-21-22(12-18)31-15-30-21/h4-6,8-10,12,16-17H,7,11,13-15H2,1-3H3,(H,26,29)/t17-/m0/s1. The summed E-state index contributed by atoms with van der Waals surface area (Å²) in [6.45, 7) is 6.72. The maximum absolute atomic E-state index is 13.3. The Bertz CT molecular complexity index is 914. The number of amides is 2. The van der Waals surface area contributed by atoms with Gasteiger partial charge in [0.1, 0.15) is 11.9 Å². The van der Waals surface area contributed by atoms with Crippen LogP contribution in [0.25, 0.3) is 0 Å². The van der Waals surface area contributed by atoms with Crippen LogP contribution in [0.5, 0.6) is 11.5 Å². The van der Waals surface area contributed by atoms with Gasteiger partial charge in [-0.2, -0.15) is 0 Å². The van der Waals surface area contributed by atoms with E-state index in [1.54, 1.807) is 24.0 Å². The van der Waals surface area contributed by atoms with Gasteiger partial charge in [0.25, 0.3) is 0 Å². The predicted octanol–water partition coefficient (Wildman–Crippen LogP) is 3.68. The molecule has 0 unspecified atom stereocenters. The quantitative estimate of drug-likeness (QED) is 0.662. The summed E-state index contributed by atoms with van der Waals surface area (Å²) in [6.07, 6.45) is 0.748. The van der Waals surface area contributed by atoms with E-state index >= 15 is 0 Å². The number of benzene rings is 2. The van der Waals surface area contributed by atoms with Crippen molar-refractivity contribution in [3.63, 3.8) is 0 Å². The molecule has 0 fully saturated rings. The molecule has 0 radical (unpaired) electrons. The van der Waals surface area contributed by atoms with Crippen molar-refractivity contribution in [3.8, 4) is 11.5 Å². The zero-order valence-electron chi connectivity index (χ0n) is 18.2. The number of halogens is 1. The number of ether oxygens (including phenoxy) is 2. The van der Waals surface area contributed by atoms with E-state index in [2.05, 4.69) is 5.32 Å². The van der Waals surface area contributed by atoms with Crippen LogP contribution in [0.1, 0.15) is 38.3 Å². The lowest BCUT2D eigenvalue weighted by Crippen LogP contribution is -2.48. The number of carbonyl (C=O) groups excluding carboxylic acids is 2. The number of carbonyl (C=O) groups is 2. The molecule has 0 saturated carbocycles. The Morgan fingerprint density at radius 3 is 2.42 bits per heavy atom. The lowest BCUT2D eigenvalue weighted by Gasteiger charge is -2.29. The molecule has 2 amide bonds. The number of nitrogens with one attached hydrogen (secondary N) is 1. The Hall–Kier alpha value is -3.09. The molecule has 7 heteroatoms. The molecule has 31 heavy (non-hydrogen) atoms. The van der Waals surface area contributed by atoms with E-state index in [-0.39, 0.29) is 37.4 Å². The molecule has 6 nitrogen and oxygen atoms in total. The number of hydrogen-bond acceptors (Lipinski definition) is 4. The summed E-state index contributed by atoms with van der Waals surface area (Å²) in [7, 11) is 0. The first kappa shape index (κ1) is 22.6. The molecule has 2 aromatic rings. The van der Waals surface area contributed by atoms with Gasteiger partial charge >= 0.3 is 0 Å². The Morgan fingerprint density at radius 1 is 1.03 bits per heavy atom. The van der Waals surface area contributed by atoms with Gasteiger partial charge in [0, 0.05) is 19.5 Å². The van der Waals surface area contributed by atoms with Gasteiger partial charge in [-0.05, 0) is 54.7 Å². The monoisotopic (exact) mass is 428 g/mol. The highest BCUT2D eigenvalue weighted by atomic mass is 19.1. The third-order valence-corrected chi connectivity index (χ3v) is 5.18. The Balaban J connectivity index is 1.69. The minimum absolute atomic E-state index is 0.144. The molecule has 1 aliphatic rings. The molecule has 0 aromatic heterocycles. The van der Waals surface area contributed by atoms with E-state index in [9.17, 15) is 14.0 Å². The molecule has 1 N–H and O–H groups in total. The fourth-order valence-electron chi connectivity index (χ4n) is 3.31. The highest BCUT2D eigenvalue weighted by Gasteiger charge is 2.26. The third kappa shape index (κ3) is 6.20. The molecule has 0 bridgehead atoms. The highest BCUT2D eigenvalue weighted by Crippen LogP contribution is 2.32. The maximum atomic E-state index is 13.3. The van der Waals surface area contributed by atoms with E-state index in [0.29, 0.717) is 30.4 Å². The van der Waals surface area contributed by atoms with Crippen LogP contribution < -0.4 is 14.8 Å². The summed E-state index contributed by atoms with van der Waals surface area (Å²) < 4.78 is 24.0. The highest BCUT2D eigenvalue weighted by molar-refractivity contribution is 5.87. The molecule has 0 aliphatic carbocycles. The van der Waals surface area contributed by atoms with Gasteiger partial charge in [-0.15, -0.1) is 0 Å². The molecular formula is C24H29FN2O4.